The summed E-state index contributed by atoms with van der Waals surface area (Å²) in [5, 5.41) is 9.39. The maximum atomic E-state index is 11.6. The predicted octanol–water partition coefficient (Wildman–Crippen LogP) is 1.53. The molecule has 0 aliphatic carbocycles. The lowest BCUT2D eigenvalue weighted by Gasteiger charge is -2.36. The van der Waals surface area contributed by atoms with Gasteiger partial charge in [0.25, 0.3) is 0 Å². The smallest absolute Gasteiger partial charge is 0.161 e. The van der Waals surface area contributed by atoms with E-state index in [1.807, 2.05) is 12.1 Å². The van der Waals surface area contributed by atoms with E-state index in [4.69, 9.17) is 4.74 Å². The largest absolute Gasteiger partial charge is 0.383 e. The second kappa shape index (κ2) is 7.21. The molecule has 5 heteroatoms. The standard InChI is InChI=1S/C16H21N3O2/c1-13(20)14-4-3-5-16(15(14)12-17)19-8-6-18(7-9-19)10-11-21-2/h3-5H,6-11H2,1-2H3. The van der Waals surface area contributed by atoms with Crippen LogP contribution in [0.2, 0.25) is 0 Å². The summed E-state index contributed by atoms with van der Waals surface area (Å²) >= 11 is 0. The number of hydrogen-bond acceptors (Lipinski definition) is 5. The summed E-state index contributed by atoms with van der Waals surface area (Å²) in [6.45, 7) is 6.78. The summed E-state index contributed by atoms with van der Waals surface area (Å²) in [7, 11) is 1.71. The molecule has 0 bridgehead atoms. The first kappa shape index (κ1) is 15.5. The highest BCUT2D eigenvalue weighted by molar-refractivity contribution is 5.98. The Bertz CT molecular complexity index is 543. The normalized spacial score (nSPS) is 15.8. The van der Waals surface area contributed by atoms with Gasteiger partial charge in [-0.15, -0.1) is 0 Å². The van der Waals surface area contributed by atoms with Crippen LogP contribution in [0.4, 0.5) is 5.69 Å². The van der Waals surface area contributed by atoms with Crippen molar-refractivity contribution in [1.29, 1.82) is 5.26 Å². The fourth-order valence-corrected chi connectivity index (χ4v) is 2.65. The van der Waals surface area contributed by atoms with Crippen molar-refractivity contribution in [2.24, 2.45) is 0 Å². The SMILES string of the molecule is COCCN1CCN(c2cccc(C(C)=O)c2C#N)CC1. The maximum Gasteiger partial charge on any atom is 0.161 e. The Morgan fingerprint density at radius 2 is 2.05 bits per heavy atom. The van der Waals surface area contributed by atoms with Gasteiger partial charge in [0.2, 0.25) is 0 Å². The Labute approximate surface area is 125 Å². The van der Waals surface area contributed by atoms with Crippen molar-refractivity contribution in [2.45, 2.75) is 6.92 Å². The molecule has 0 saturated carbocycles. The van der Waals surface area contributed by atoms with Crippen molar-refractivity contribution in [3.8, 4) is 6.07 Å². The van der Waals surface area contributed by atoms with Gasteiger partial charge in [0.1, 0.15) is 6.07 Å². The number of nitriles is 1. The van der Waals surface area contributed by atoms with E-state index in [2.05, 4.69) is 15.9 Å². The first-order valence-corrected chi connectivity index (χ1v) is 7.17. The molecule has 0 unspecified atom stereocenters. The molecule has 1 fully saturated rings. The second-order valence-corrected chi connectivity index (χ2v) is 5.19. The number of rotatable bonds is 5. The van der Waals surface area contributed by atoms with Crippen LogP contribution < -0.4 is 4.90 Å². The van der Waals surface area contributed by atoms with Gasteiger partial charge in [-0.1, -0.05) is 6.07 Å². The predicted molar refractivity (Wildman–Crippen MR) is 81.7 cm³/mol. The van der Waals surface area contributed by atoms with Crippen LogP contribution in [0.15, 0.2) is 18.2 Å². The quantitative estimate of drug-likeness (QED) is 0.769. The topological polar surface area (TPSA) is 56.6 Å². The average Bonchev–Trinajstić information content (AvgIpc) is 2.52. The van der Waals surface area contributed by atoms with Gasteiger partial charge in [0, 0.05) is 45.4 Å². The zero-order chi connectivity index (χ0) is 15.2. The van der Waals surface area contributed by atoms with E-state index in [-0.39, 0.29) is 5.78 Å². The molecule has 5 nitrogen and oxygen atoms in total. The molecule has 0 spiro atoms. The Morgan fingerprint density at radius 1 is 1.33 bits per heavy atom. The highest BCUT2D eigenvalue weighted by atomic mass is 16.5. The summed E-state index contributed by atoms with van der Waals surface area (Å²) in [4.78, 5) is 16.2. The number of hydrogen-bond donors (Lipinski definition) is 0. The molecular weight excluding hydrogens is 266 g/mol. The third-order valence-electron chi connectivity index (χ3n) is 3.86. The number of nitrogens with zero attached hydrogens (tertiary/aromatic N) is 3. The number of carbonyl (C=O) groups excluding carboxylic acids is 1. The number of carbonyl (C=O) groups is 1. The number of benzene rings is 1. The molecule has 2 rings (SSSR count). The van der Waals surface area contributed by atoms with Gasteiger partial charge in [-0.05, 0) is 19.1 Å². The minimum Gasteiger partial charge on any atom is -0.383 e. The summed E-state index contributed by atoms with van der Waals surface area (Å²) in [6.07, 6.45) is 0. The molecular formula is C16H21N3O2. The van der Waals surface area contributed by atoms with Gasteiger partial charge in [0.15, 0.2) is 5.78 Å². The fourth-order valence-electron chi connectivity index (χ4n) is 2.65. The number of methoxy groups -OCH3 is 1. The van der Waals surface area contributed by atoms with Crippen molar-refractivity contribution < 1.29 is 9.53 Å². The molecule has 0 amide bonds. The number of ether oxygens (including phenoxy) is 1. The van der Waals surface area contributed by atoms with Crippen LogP contribution in [0.5, 0.6) is 0 Å². The number of anilines is 1. The third kappa shape index (κ3) is 3.60. The first-order chi connectivity index (χ1) is 10.2. The Kier molecular flexibility index (Phi) is 5.32. The van der Waals surface area contributed by atoms with Gasteiger partial charge in [-0.25, -0.2) is 0 Å². The van der Waals surface area contributed by atoms with Crippen LogP contribution in [0, 0.1) is 11.3 Å². The summed E-state index contributed by atoms with van der Waals surface area (Å²) < 4.78 is 5.10. The second-order valence-electron chi connectivity index (χ2n) is 5.19. The summed E-state index contributed by atoms with van der Waals surface area (Å²) in [5.41, 5.74) is 1.88. The van der Waals surface area contributed by atoms with Gasteiger partial charge < -0.3 is 9.64 Å². The van der Waals surface area contributed by atoms with Gasteiger partial charge in [-0.3, -0.25) is 9.69 Å². The molecule has 0 radical (unpaired) electrons. The molecule has 1 aliphatic heterocycles. The lowest BCUT2D eigenvalue weighted by Crippen LogP contribution is -2.47. The van der Waals surface area contributed by atoms with E-state index in [0.29, 0.717) is 11.1 Å². The number of Topliss-reactive ketones (excluding diaryl/α,β-unsaturated/α-hetero) is 1. The van der Waals surface area contributed by atoms with Crippen LogP contribution in [-0.4, -0.2) is 57.1 Å². The lowest BCUT2D eigenvalue weighted by molar-refractivity contribution is 0.101. The van der Waals surface area contributed by atoms with Gasteiger partial charge in [0.05, 0.1) is 17.9 Å². The van der Waals surface area contributed by atoms with Crippen molar-refractivity contribution in [3.05, 3.63) is 29.3 Å². The van der Waals surface area contributed by atoms with Crippen LogP contribution >= 0.6 is 0 Å². The lowest BCUT2D eigenvalue weighted by atomic mass is 10.0. The van der Waals surface area contributed by atoms with Crippen LogP contribution in [-0.2, 0) is 4.74 Å². The Balaban J connectivity index is 2.12. The maximum absolute atomic E-state index is 11.6. The zero-order valence-corrected chi connectivity index (χ0v) is 12.6. The van der Waals surface area contributed by atoms with Crippen LogP contribution in [0.25, 0.3) is 0 Å². The van der Waals surface area contributed by atoms with Gasteiger partial charge >= 0.3 is 0 Å². The van der Waals surface area contributed by atoms with Gasteiger partial charge in [-0.2, -0.15) is 5.26 Å². The van der Waals surface area contributed by atoms with Crippen molar-refractivity contribution in [1.82, 2.24) is 4.90 Å². The molecule has 0 N–H and O–H groups in total. The van der Waals surface area contributed by atoms with E-state index >= 15 is 0 Å². The number of ketones is 1. The van der Waals surface area contributed by atoms with Crippen LogP contribution in [0.3, 0.4) is 0 Å². The molecule has 1 heterocycles. The minimum atomic E-state index is -0.0628. The Morgan fingerprint density at radius 3 is 2.62 bits per heavy atom. The summed E-state index contributed by atoms with van der Waals surface area (Å²) in [6, 6.07) is 7.69. The van der Waals surface area contributed by atoms with E-state index in [1.165, 1.54) is 6.92 Å². The molecule has 0 aromatic heterocycles. The highest BCUT2D eigenvalue weighted by Crippen LogP contribution is 2.24. The minimum absolute atomic E-state index is 0.0628. The Hall–Kier alpha value is -1.90. The first-order valence-electron chi connectivity index (χ1n) is 7.17. The molecule has 1 aromatic rings. The van der Waals surface area contributed by atoms with E-state index < -0.39 is 0 Å². The van der Waals surface area contributed by atoms with E-state index in [9.17, 15) is 10.1 Å². The number of piperazine rings is 1. The average molecular weight is 287 g/mol. The molecule has 1 aromatic carbocycles. The van der Waals surface area contributed by atoms with E-state index in [0.717, 1.165) is 45.0 Å². The molecule has 1 aliphatic rings. The molecule has 0 atom stereocenters. The van der Waals surface area contributed by atoms with Crippen molar-refractivity contribution >= 4 is 11.5 Å². The highest BCUT2D eigenvalue weighted by Gasteiger charge is 2.21. The van der Waals surface area contributed by atoms with E-state index in [1.54, 1.807) is 13.2 Å². The molecule has 1 saturated heterocycles. The van der Waals surface area contributed by atoms with Crippen LogP contribution in [0.1, 0.15) is 22.8 Å². The molecule has 112 valence electrons. The summed E-state index contributed by atoms with van der Waals surface area (Å²) in [5.74, 6) is -0.0628. The monoisotopic (exact) mass is 287 g/mol. The third-order valence-corrected chi connectivity index (χ3v) is 3.86. The van der Waals surface area contributed by atoms with Crippen molar-refractivity contribution in [3.63, 3.8) is 0 Å². The molecule has 21 heavy (non-hydrogen) atoms. The van der Waals surface area contributed by atoms with Crippen molar-refractivity contribution in [2.75, 3.05) is 51.3 Å². The fraction of sp³-hybridized carbons (Fsp3) is 0.500. The zero-order valence-electron chi connectivity index (χ0n) is 12.6.